The van der Waals surface area contributed by atoms with Gasteiger partial charge in [0, 0.05) is 10.2 Å². The highest BCUT2D eigenvalue weighted by atomic mass is 79.9. The molecule has 4 nitrogen and oxygen atoms in total. The lowest BCUT2D eigenvalue weighted by Crippen LogP contribution is -2.20. The van der Waals surface area contributed by atoms with Crippen molar-refractivity contribution < 1.29 is 9.53 Å². The highest BCUT2D eigenvalue weighted by molar-refractivity contribution is 9.10. The number of nitrogens with zero attached hydrogens (tertiary/aromatic N) is 1. The van der Waals surface area contributed by atoms with E-state index in [2.05, 4.69) is 21.2 Å². The van der Waals surface area contributed by atoms with Crippen LogP contribution in [0, 0.1) is 11.3 Å². The number of carbonyl (C=O) groups is 1. The molecule has 106 valence electrons. The summed E-state index contributed by atoms with van der Waals surface area (Å²) in [6, 6.07) is 13.8. The zero-order chi connectivity index (χ0) is 15.2. The van der Waals surface area contributed by atoms with Crippen LogP contribution in [0.3, 0.4) is 0 Å². The lowest BCUT2D eigenvalue weighted by Gasteiger charge is -2.08. The molecule has 0 saturated heterocycles. The molecule has 0 atom stereocenters. The maximum Gasteiger partial charge on any atom is 0.262 e. The van der Waals surface area contributed by atoms with Crippen molar-refractivity contribution in [1.82, 2.24) is 0 Å². The molecule has 0 saturated carbocycles. The van der Waals surface area contributed by atoms with E-state index in [-0.39, 0.29) is 12.5 Å². The number of carbonyl (C=O) groups excluding carboxylic acids is 1. The van der Waals surface area contributed by atoms with E-state index in [4.69, 9.17) is 21.6 Å². The molecule has 0 spiro atoms. The molecule has 0 aliphatic heterocycles. The van der Waals surface area contributed by atoms with Gasteiger partial charge in [0.1, 0.15) is 11.8 Å². The van der Waals surface area contributed by atoms with Crippen molar-refractivity contribution in [3.05, 3.63) is 57.5 Å². The first-order valence-corrected chi connectivity index (χ1v) is 7.13. The van der Waals surface area contributed by atoms with Gasteiger partial charge in [0.2, 0.25) is 0 Å². The van der Waals surface area contributed by atoms with Gasteiger partial charge in [0.25, 0.3) is 5.91 Å². The third-order valence-electron chi connectivity index (χ3n) is 2.55. The molecule has 0 aliphatic carbocycles. The minimum Gasteiger partial charge on any atom is -0.484 e. The average Bonchev–Trinajstić information content (AvgIpc) is 2.48. The van der Waals surface area contributed by atoms with Crippen molar-refractivity contribution >= 4 is 39.1 Å². The summed E-state index contributed by atoms with van der Waals surface area (Å²) in [6.45, 7) is -0.119. The first-order chi connectivity index (χ1) is 10.1. The summed E-state index contributed by atoms with van der Waals surface area (Å²) in [4.78, 5) is 11.8. The summed E-state index contributed by atoms with van der Waals surface area (Å²) in [5.74, 6) is 0.284. The molecule has 0 radical (unpaired) electrons. The Kier molecular flexibility index (Phi) is 5.20. The van der Waals surface area contributed by atoms with Gasteiger partial charge < -0.3 is 10.1 Å². The zero-order valence-electron chi connectivity index (χ0n) is 10.8. The van der Waals surface area contributed by atoms with E-state index in [1.807, 2.05) is 18.2 Å². The molecule has 2 aromatic rings. The monoisotopic (exact) mass is 364 g/mol. The number of rotatable bonds is 4. The van der Waals surface area contributed by atoms with Crippen molar-refractivity contribution in [3.8, 4) is 11.8 Å². The van der Waals surface area contributed by atoms with Crippen LogP contribution in [0.15, 0.2) is 46.9 Å². The topological polar surface area (TPSA) is 62.1 Å². The van der Waals surface area contributed by atoms with Crippen LogP contribution in [0.4, 0.5) is 5.69 Å². The molecular weight excluding hydrogens is 356 g/mol. The summed E-state index contributed by atoms with van der Waals surface area (Å²) in [7, 11) is 0. The first kappa shape index (κ1) is 15.4. The lowest BCUT2D eigenvalue weighted by molar-refractivity contribution is -0.118. The summed E-state index contributed by atoms with van der Waals surface area (Å²) in [5, 5.41) is 11.9. The molecule has 0 bridgehead atoms. The molecule has 21 heavy (non-hydrogen) atoms. The molecule has 0 aliphatic rings. The third kappa shape index (κ3) is 4.48. The Bertz CT molecular complexity index is 696. The molecular formula is C15H10BrClN2O2. The van der Waals surface area contributed by atoms with Crippen LogP contribution >= 0.6 is 27.5 Å². The largest absolute Gasteiger partial charge is 0.484 e. The first-order valence-electron chi connectivity index (χ1n) is 5.96. The number of nitrogens with one attached hydrogen (secondary N) is 1. The van der Waals surface area contributed by atoms with Crippen LogP contribution in [-0.4, -0.2) is 12.5 Å². The smallest absolute Gasteiger partial charge is 0.262 e. The predicted molar refractivity (Wildman–Crippen MR) is 84.4 cm³/mol. The molecule has 0 fully saturated rings. The molecule has 2 rings (SSSR count). The number of halogens is 2. The number of hydrogen-bond donors (Lipinski definition) is 1. The van der Waals surface area contributed by atoms with Gasteiger partial charge in [-0.25, -0.2) is 0 Å². The number of benzene rings is 2. The van der Waals surface area contributed by atoms with Crippen molar-refractivity contribution in [2.75, 3.05) is 11.9 Å². The SMILES string of the molecule is N#Cc1cc(NC(=O)COc2ccc(Br)cc2)ccc1Cl. The van der Waals surface area contributed by atoms with Gasteiger partial charge >= 0.3 is 0 Å². The molecule has 1 N–H and O–H groups in total. The van der Waals surface area contributed by atoms with Crippen LogP contribution in [0.1, 0.15) is 5.56 Å². The molecule has 1 amide bonds. The predicted octanol–water partition coefficient (Wildman–Crippen LogP) is 3.99. The summed E-state index contributed by atoms with van der Waals surface area (Å²) >= 11 is 9.14. The number of hydrogen-bond acceptors (Lipinski definition) is 3. The highest BCUT2D eigenvalue weighted by Gasteiger charge is 2.06. The second-order valence-corrected chi connectivity index (χ2v) is 5.42. The van der Waals surface area contributed by atoms with E-state index in [0.29, 0.717) is 22.0 Å². The average molecular weight is 366 g/mol. The highest BCUT2D eigenvalue weighted by Crippen LogP contribution is 2.20. The second-order valence-electron chi connectivity index (χ2n) is 4.10. The van der Waals surface area contributed by atoms with Gasteiger partial charge in [-0.05, 0) is 42.5 Å². The van der Waals surface area contributed by atoms with Crippen LogP contribution in [0.25, 0.3) is 0 Å². The molecule has 0 heterocycles. The lowest BCUT2D eigenvalue weighted by atomic mass is 10.2. The fourth-order valence-corrected chi connectivity index (χ4v) is 1.99. The molecule has 0 unspecified atom stereocenters. The van der Waals surface area contributed by atoms with Gasteiger partial charge in [0.15, 0.2) is 6.61 Å². The maximum atomic E-state index is 11.8. The van der Waals surface area contributed by atoms with Gasteiger partial charge in [-0.1, -0.05) is 27.5 Å². The maximum absolute atomic E-state index is 11.8. The number of anilines is 1. The second kappa shape index (κ2) is 7.11. The van der Waals surface area contributed by atoms with Gasteiger partial charge in [0.05, 0.1) is 10.6 Å². The van der Waals surface area contributed by atoms with E-state index < -0.39 is 0 Å². The Morgan fingerprint density at radius 2 is 2.00 bits per heavy atom. The van der Waals surface area contributed by atoms with Crippen molar-refractivity contribution in [2.24, 2.45) is 0 Å². The Morgan fingerprint density at radius 1 is 1.29 bits per heavy atom. The van der Waals surface area contributed by atoms with Gasteiger partial charge in [-0.2, -0.15) is 5.26 Å². The van der Waals surface area contributed by atoms with E-state index in [0.717, 1.165) is 4.47 Å². The van der Waals surface area contributed by atoms with E-state index >= 15 is 0 Å². The Labute approximate surface area is 135 Å². The quantitative estimate of drug-likeness (QED) is 0.891. The summed E-state index contributed by atoms with van der Waals surface area (Å²) in [5.41, 5.74) is 0.809. The van der Waals surface area contributed by atoms with Crippen molar-refractivity contribution in [3.63, 3.8) is 0 Å². The molecule has 2 aromatic carbocycles. The summed E-state index contributed by atoms with van der Waals surface area (Å²) < 4.78 is 6.29. The number of ether oxygens (including phenoxy) is 1. The van der Waals surface area contributed by atoms with Gasteiger partial charge in [-0.15, -0.1) is 0 Å². The normalized spacial score (nSPS) is 9.76. The van der Waals surface area contributed by atoms with E-state index in [1.165, 1.54) is 6.07 Å². The Balaban J connectivity index is 1.93. The van der Waals surface area contributed by atoms with Crippen LogP contribution in [-0.2, 0) is 4.79 Å². The molecule has 0 aromatic heterocycles. The fourth-order valence-electron chi connectivity index (χ4n) is 1.57. The standard InChI is InChI=1S/C15H10BrClN2O2/c16-11-1-4-13(5-2-11)21-9-15(20)19-12-3-6-14(17)10(7-12)8-18/h1-7H,9H2,(H,19,20). The minimum absolute atomic E-state index is 0.119. The zero-order valence-corrected chi connectivity index (χ0v) is 13.1. The number of nitriles is 1. The van der Waals surface area contributed by atoms with Crippen LogP contribution < -0.4 is 10.1 Å². The van der Waals surface area contributed by atoms with Crippen molar-refractivity contribution in [1.29, 1.82) is 5.26 Å². The van der Waals surface area contributed by atoms with Crippen LogP contribution in [0.5, 0.6) is 5.75 Å². The van der Waals surface area contributed by atoms with Crippen LogP contribution in [0.2, 0.25) is 5.02 Å². The van der Waals surface area contributed by atoms with Crippen molar-refractivity contribution in [2.45, 2.75) is 0 Å². The Hall–Kier alpha value is -2.03. The molecule has 6 heteroatoms. The number of amides is 1. The van der Waals surface area contributed by atoms with E-state index in [1.54, 1.807) is 24.3 Å². The van der Waals surface area contributed by atoms with E-state index in [9.17, 15) is 4.79 Å². The summed E-state index contributed by atoms with van der Waals surface area (Å²) in [6.07, 6.45) is 0. The Morgan fingerprint density at radius 3 is 2.67 bits per heavy atom. The van der Waals surface area contributed by atoms with Gasteiger partial charge in [-0.3, -0.25) is 4.79 Å². The minimum atomic E-state index is -0.316. The fraction of sp³-hybridized carbons (Fsp3) is 0.0667. The third-order valence-corrected chi connectivity index (χ3v) is 3.41.